The molecular weight excluding hydrogens is 423 g/mol. The van der Waals surface area contributed by atoms with Gasteiger partial charge in [0.25, 0.3) is 0 Å². The van der Waals surface area contributed by atoms with Crippen molar-refractivity contribution < 1.29 is 18.4 Å². The number of hydrogen-bond donors (Lipinski definition) is 3. The predicted molar refractivity (Wildman–Crippen MR) is 130 cm³/mol. The number of benzene rings is 2. The normalized spacial score (nSPS) is 12.0. The summed E-state index contributed by atoms with van der Waals surface area (Å²) in [5.41, 5.74) is 4.69. The van der Waals surface area contributed by atoms with Gasteiger partial charge in [0.15, 0.2) is 0 Å². The highest BCUT2D eigenvalue weighted by atomic mass is 31.1. The molecule has 0 radical (unpaired) electrons. The summed E-state index contributed by atoms with van der Waals surface area (Å²) < 4.78 is 20.9. The van der Waals surface area contributed by atoms with Gasteiger partial charge in [-0.25, -0.2) is 0 Å². The Morgan fingerprint density at radius 3 is 2.56 bits per heavy atom. The molecular formula is C25H33N2O4P. The van der Waals surface area contributed by atoms with E-state index in [1.807, 2.05) is 12.1 Å². The van der Waals surface area contributed by atoms with Crippen LogP contribution in [0.4, 0.5) is 5.69 Å². The lowest BCUT2D eigenvalue weighted by Gasteiger charge is -2.13. The molecule has 0 saturated carbocycles. The molecule has 1 unspecified atom stereocenters. The van der Waals surface area contributed by atoms with Gasteiger partial charge < -0.3 is 24.5 Å². The average Bonchev–Trinajstić information content (AvgIpc) is 3.34. The van der Waals surface area contributed by atoms with Crippen molar-refractivity contribution in [2.24, 2.45) is 0 Å². The third kappa shape index (κ3) is 8.64. The van der Waals surface area contributed by atoms with Gasteiger partial charge in [0, 0.05) is 24.3 Å². The SMILES string of the molecule is O=[PH](O)OCCCNCc1ccc(NCCCCCc2ccccc2)c(-c2ccco2)c1. The minimum Gasteiger partial charge on any atom is -0.464 e. The van der Waals surface area contributed by atoms with Gasteiger partial charge in [0.2, 0.25) is 0 Å². The molecule has 0 saturated heterocycles. The largest absolute Gasteiger partial charge is 0.464 e. The molecule has 32 heavy (non-hydrogen) atoms. The van der Waals surface area contributed by atoms with Crippen LogP contribution in [0.15, 0.2) is 71.3 Å². The third-order valence-corrected chi connectivity index (χ3v) is 5.67. The van der Waals surface area contributed by atoms with E-state index >= 15 is 0 Å². The standard InChI is InChI=1S/C25H33N2O4P/c28-32(29)31-18-8-15-26-20-22-13-14-24(23(19-22)25-12-7-17-30-25)27-16-6-2-5-11-21-9-3-1-4-10-21/h1,3-4,7,9-10,12-14,17,19,26-27,32H,2,5-6,8,11,15-16,18,20H2,(H,28,29). The Bertz CT molecular complexity index is 932. The Balaban J connectivity index is 1.45. The topological polar surface area (TPSA) is 83.7 Å². The second kappa shape index (κ2) is 13.9. The zero-order chi connectivity index (χ0) is 22.4. The molecule has 0 spiro atoms. The van der Waals surface area contributed by atoms with Crippen LogP contribution in [-0.2, 0) is 22.1 Å². The molecule has 172 valence electrons. The van der Waals surface area contributed by atoms with Crippen molar-refractivity contribution in [2.75, 3.05) is 25.0 Å². The van der Waals surface area contributed by atoms with E-state index in [-0.39, 0.29) is 6.61 Å². The van der Waals surface area contributed by atoms with Gasteiger partial charge in [0.05, 0.1) is 12.9 Å². The van der Waals surface area contributed by atoms with E-state index in [0.717, 1.165) is 42.0 Å². The average molecular weight is 457 g/mol. The number of rotatable bonds is 15. The zero-order valence-corrected chi connectivity index (χ0v) is 19.4. The third-order valence-electron chi connectivity index (χ3n) is 5.22. The van der Waals surface area contributed by atoms with Crippen molar-refractivity contribution in [1.29, 1.82) is 0 Å². The fourth-order valence-corrected chi connectivity index (χ4v) is 3.90. The lowest BCUT2D eigenvalue weighted by atomic mass is 10.1. The lowest BCUT2D eigenvalue weighted by molar-refractivity contribution is 0.276. The highest BCUT2D eigenvalue weighted by molar-refractivity contribution is 7.32. The van der Waals surface area contributed by atoms with Gasteiger partial charge >= 0.3 is 8.25 Å². The van der Waals surface area contributed by atoms with Crippen molar-refractivity contribution in [3.8, 4) is 11.3 Å². The molecule has 2 aromatic carbocycles. The van der Waals surface area contributed by atoms with Gasteiger partial charge in [-0.3, -0.25) is 4.57 Å². The maximum atomic E-state index is 10.5. The molecule has 1 atom stereocenters. The summed E-state index contributed by atoms with van der Waals surface area (Å²) in [7, 11) is -2.83. The van der Waals surface area contributed by atoms with Crippen molar-refractivity contribution in [3.63, 3.8) is 0 Å². The maximum absolute atomic E-state index is 10.5. The summed E-state index contributed by atoms with van der Waals surface area (Å²) in [5, 5.41) is 6.92. The number of hydrogen-bond acceptors (Lipinski definition) is 5. The quantitative estimate of drug-likeness (QED) is 0.202. The van der Waals surface area contributed by atoms with E-state index in [1.165, 1.54) is 18.4 Å². The number of furan rings is 1. The van der Waals surface area contributed by atoms with Crippen LogP contribution in [0.1, 0.15) is 36.8 Å². The molecule has 0 fully saturated rings. The van der Waals surface area contributed by atoms with Crippen molar-refractivity contribution in [2.45, 2.75) is 38.6 Å². The molecule has 3 rings (SSSR count). The van der Waals surface area contributed by atoms with Gasteiger partial charge in [-0.05, 0) is 67.6 Å². The Hall–Kier alpha value is -2.37. The fraction of sp³-hybridized carbons (Fsp3) is 0.360. The molecule has 0 aliphatic rings. The first-order chi connectivity index (χ1) is 15.7. The van der Waals surface area contributed by atoms with Crippen molar-refractivity contribution in [3.05, 3.63) is 78.1 Å². The van der Waals surface area contributed by atoms with Crippen LogP contribution in [0, 0.1) is 0 Å². The molecule has 0 aliphatic heterocycles. The summed E-state index contributed by atoms with van der Waals surface area (Å²) in [6, 6.07) is 20.9. The molecule has 3 N–H and O–H groups in total. The van der Waals surface area contributed by atoms with Gasteiger partial charge in [-0.1, -0.05) is 42.8 Å². The first kappa shape index (κ1) is 24.3. The van der Waals surface area contributed by atoms with E-state index in [2.05, 4.69) is 59.2 Å². The number of aryl methyl sites for hydroxylation is 1. The van der Waals surface area contributed by atoms with E-state index in [4.69, 9.17) is 13.8 Å². The van der Waals surface area contributed by atoms with Crippen LogP contribution < -0.4 is 10.6 Å². The second-order valence-corrected chi connectivity index (χ2v) is 8.55. The molecule has 3 aromatic rings. The highest BCUT2D eigenvalue weighted by Crippen LogP contribution is 2.30. The van der Waals surface area contributed by atoms with Crippen molar-refractivity contribution >= 4 is 13.9 Å². The Kier molecular flexibility index (Phi) is 10.6. The van der Waals surface area contributed by atoms with Crippen molar-refractivity contribution in [1.82, 2.24) is 5.32 Å². The Morgan fingerprint density at radius 1 is 0.906 bits per heavy atom. The smallest absolute Gasteiger partial charge is 0.316 e. The van der Waals surface area contributed by atoms with Gasteiger partial charge in [-0.2, -0.15) is 0 Å². The zero-order valence-electron chi connectivity index (χ0n) is 18.4. The minimum atomic E-state index is -2.83. The highest BCUT2D eigenvalue weighted by Gasteiger charge is 2.09. The molecule has 1 heterocycles. The molecule has 6 nitrogen and oxygen atoms in total. The van der Waals surface area contributed by atoms with Crippen LogP contribution in [0.2, 0.25) is 0 Å². The van der Waals surface area contributed by atoms with E-state index in [0.29, 0.717) is 19.5 Å². The van der Waals surface area contributed by atoms with Crippen LogP contribution >= 0.6 is 8.25 Å². The number of nitrogens with one attached hydrogen (secondary N) is 2. The number of unbranched alkanes of at least 4 members (excludes halogenated alkanes) is 2. The summed E-state index contributed by atoms with van der Waals surface area (Å²) in [5.74, 6) is 0.847. The maximum Gasteiger partial charge on any atom is 0.316 e. The minimum absolute atomic E-state index is 0.285. The van der Waals surface area contributed by atoms with Crippen LogP contribution in [0.5, 0.6) is 0 Å². The Morgan fingerprint density at radius 2 is 1.78 bits per heavy atom. The van der Waals surface area contributed by atoms with Crippen LogP contribution in [-0.4, -0.2) is 24.6 Å². The molecule has 1 aromatic heterocycles. The fourth-order valence-electron chi connectivity index (χ4n) is 3.58. The summed E-state index contributed by atoms with van der Waals surface area (Å²) in [6.07, 6.45) is 7.02. The van der Waals surface area contributed by atoms with Gasteiger partial charge in [-0.15, -0.1) is 0 Å². The van der Waals surface area contributed by atoms with Gasteiger partial charge in [0.1, 0.15) is 5.76 Å². The Labute approximate surface area is 191 Å². The predicted octanol–water partition coefficient (Wildman–Crippen LogP) is 5.65. The molecule has 0 aliphatic carbocycles. The van der Waals surface area contributed by atoms with Crippen LogP contribution in [0.3, 0.4) is 0 Å². The lowest BCUT2D eigenvalue weighted by Crippen LogP contribution is -2.16. The van der Waals surface area contributed by atoms with E-state index in [9.17, 15) is 4.57 Å². The van der Waals surface area contributed by atoms with E-state index < -0.39 is 8.25 Å². The summed E-state index contributed by atoms with van der Waals surface area (Å²) in [6.45, 7) is 2.64. The first-order valence-corrected chi connectivity index (χ1v) is 12.5. The monoisotopic (exact) mass is 456 g/mol. The summed E-state index contributed by atoms with van der Waals surface area (Å²) in [4.78, 5) is 8.67. The summed E-state index contributed by atoms with van der Waals surface area (Å²) >= 11 is 0. The molecule has 0 amide bonds. The second-order valence-electron chi connectivity index (χ2n) is 7.72. The van der Waals surface area contributed by atoms with Crippen LogP contribution in [0.25, 0.3) is 11.3 Å². The molecule has 0 bridgehead atoms. The first-order valence-electron chi connectivity index (χ1n) is 11.2. The van der Waals surface area contributed by atoms with E-state index in [1.54, 1.807) is 6.26 Å². The molecule has 7 heteroatoms. The number of anilines is 1.